The van der Waals surface area contributed by atoms with Gasteiger partial charge < -0.3 is 77.1 Å². The first-order valence-corrected chi connectivity index (χ1v) is 42.9. The smallest absolute Gasteiger partial charge is 0.262 e. The summed E-state index contributed by atoms with van der Waals surface area (Å²) >= 11 is 0. The Hall–Kier alpha value is -12.8. The van der Waals surface area contributed by atoms with E-state index in [2.05, 4.69) is 64.8 Å². The van der Waals surface area contributed by atoms with Gasteiger partial charge in [-0.1, -0.05) is 118 Å². The number of likely N-dealkylation sites (tertiary alicyclic amines) is 4. The lowest BCUT2D eigenvalue weighted by molar-refractivity contribution is -0.130. The van der Waals surface area contributed by atoms with Gasteiger partial charge in [0.25, 0.3) is 23.6 Å². The number of para-hydroxylation sites is 1. The molecule has 8 heterocycles. The van der Waals surface area contributed by atoms with Crippen LogP contribution in [0.3, 0.4) is 0 Å². The topological polar surface area (TPSA) is 355 Å². The third-order valence-electron chi connectivity index (χ3n) is 24.5. The predicted molar refractivity (Wildman–Crippen MR) is 455 cm³/mol. The first-order chi connectivity index (χ1) is 60.4. The van der Waals surface area contributed by atoms with Crippen molar-refractivity contribution >= 4 is 23.6 Å². The molecule has 124 heavy (non-hydrogen) atoms. The molecule has 4 amide bonds. The highest BCUT2D eigenvalue weighted by molar-refractivity contribution is 5.85. The number of aliphatic hydroxyl groups excluding tert-OH is 4. The Morgan fingerprint density at radius 1 is 0.339 bits per heavy atom. The molecule has 28 heteroatoms. The fraction of sp³-hybridized carbons (Fsp3) is 0.375. The second kappa shape index (κ2) is 35.2. The van der Waals surface area contributed by atoms with Crippen LogP contribution in [0, 0.1) is 23.7 Å². The van der Waals surface area contributed by atoms with E-state index in [1.807, 2.05) is 202 Å². The van der Waals surface area contributed by atoms with Gasteiger partial charge in [-0.25, -0.2) is 0 Å². The SMILES string of the molecule is CC(C)Oc1cccc(-c2nc(-c3cccc4c3C[C@@H]3CC(=O)N(CCO)[C@H]43)no2)c1.CC(C)Oc1cccc(-c2nc(-c3cccc4c3C[C@H]3CC(=O)N(CCO)[C@@H]43)no2)c1.CC(C)Oc1ccccc1-c1nc(-c2cccc3c2C[C@@H]2CC(=O)N(CCO)[C@H]32)no1.O=C1C[C@@H]2Cc3c(-c4noc(-c5ccc(OC6CC6)cc5)n4)cccc3[C@@H]2N1CCO. The molecule has 5 aliphatic carbocycles. The molecule has 4 aliphatic heterocycles. The summed E-state index contributed by atoms with van der Waals surface area (Å²) in [5.41, 5.74) is 16.2. The van der Waals surface area contributed by atoms with Crippen LogP contribution in [0.2, 0.25) is 0 Å². The van der Waals surface area contributed by atoms with Gasteiger partial charge in [-0.3, -0.25) is 19.2 Å². The van der Waals surface area contributed by atoms with Crippen molar-refractivity contribution in [3.63, 3.8) is 0 Å². The van der Waals surface area contributed by atoms with Crippen LogP contribution < -0.4 is 18.9 Å². The van der Waals surface area contributed by atoms with E-state index in [0.717, 1.165) is 139 Å². The Morgan fingerprint density at radius 2 is 0.653 bits per heavy atom. The molecule has 0 radical (unpaired) electrons. The van der Waals surface area contributed by atoms with E-state index < -0.39 is 0 Å². The molecule has 8 atom stereocenters. The number of nitrogens with zero attached hydrogens (tertiary/aromatic N) is 12. The third-order valence-corrected chi connectivity index (χ3v) is 24.5. The summed E-state index contributed by atoms with van der Waals surface area (Å²) in [5, 5.41) is 54.6. The average molecular weight is 1680 g/mol. The van der Waals surface area contributed by atoms with Gasteiger partial charge in [0.1, 0.15) is 23.0 Å². The number of ether oxygens (including phenoxy) is 4. The van der Waals surface area contributed by atoms with E-state index in [1.165, 1.54) is 5.56 Å². The summed E-state index contributed by atoms with van der Waals surface area (Å²) < 4.78 is 45.6. The summed E-state index contributed by atoms with van der Waals surface area (Å²) in [6, 6.07) is 55.0. The molecule has 4 saturated heterocycles. The highest BCUT2D eigenvalue weighted by atomic mass is 16.5. The summed E-state index contributed by atoms with van der Waals surface area (Å²) in [4.78, 5) is 75.3. The van der Waals surface area contributed by atoms with Crippen LogP contribution in [0.15, 0.2) is 188 Å². The minimum absolute atomic E-state index is 0.0149. The number of rotatable bonds is 24. The molecule has 0 spiro atoms. The van der Waals surface area contributed by atoms with Crippen molar-refractivity contribution in [3.05, 3.63) is 214 Å². The zero-order valence-corrected chi connectivity index (χ0v) is 69.9. The van der Waals surface area contributed by atoms with Crippen molar-refractivity contribution in [2.45, 2.75) is 154 Å². The fourth-order valence-electron chi connectivity index (χ4n) is 19.5. The average Bonchev–Trinajstić information content (AvgIpc) is 1.60. The maximum Gasteiger partial charge on any atom is 0.262 e. The molecular weight excluding hydrogens is 1580 g/mol. The van der Waals surface area contributed by atoms with Gasteiger partial charge in [0.2, 0.25) is 46.9 Å². The molecule has 8 aromatic carbocycles. The number of hydrogen-bond acceptors (Lipinski definition) is 24. The molecular formula is C96H98N12O16. The molecule has 9 aliphatic rings. The number of aromatic nitrogens is 8. The number of carbonyl (C=O) groups excluding carboxylic acids is 4. The molecule has 21 rings (SSSR count). The van der Waals surface area contributed by atoms with Gasteiger partial charge in [0, 0.05) is 90.8 Å². The number of amides is 4. The van der Waals surface area contributed by atoms with Gasteiger partial charge in [-0.2, -0.15) is 19.9 Å². The van der Waals surface area contributed by atoms with E-state index in [4.69, 9.17) is 37.0 Å². The molecule has 4 aromatic heterocycles. The number of hydrogen-bond donors (Lipinski definition) is 4. The summed E-state index contributed by atoms with van der Waals surface area (Å²) in [5.74, 6) is 8.42. The Kier molecular flexibility index (Phi) is 23.4. The molecule has 28 nitrogen and oxygen atoms in total. The summed E-state index contributed by atoms with van der Waals surface area (Å²) in [7, 11) is 0. The second-order valence-electron chi connectivity index (χ2n) is 33.8. The van der Waals surface area contributed by atoms with Crippen molar-refractivity contribution in [2.75, 3.05) is 52.6 Å². The van der Waals surface area contributed by atoms with Crippen LogP contribution in [-0.4, -0.2) is 181 Å². The molecule has 12 aromatic rings. The minimum Gasteiger partial charge on any atom is -0.491 e. The first-order valence-electron chi connectivity index (χ1n) is 42.9. The number of aliphatic hydroxyl groups is 4. The van der Waals surface area contributed by atoms with Gasteiger partial charge in [-0.15, -0.1) is 0 Å². The molecule has 4 N–H and O–H groups in total. The van der Waals surface area contributed by atoms with Gasteiger partial charge in [0.05, 0.1) is 80.6 Å². The van der Waals surface area contributed by atoms with Crippen molar-refractivity contribution in [1.82, 2.24) is 60.2 Å². The maximum absolute atomic E-state index is 12.4. The molecule has 0 unspecified atom stereocenters. The highest BCUT2D eigenvalue weighted by Gasteiger charge is 2.50. The van der Waals surface area contributed by atoms with E-state index in [1.54, 1.807) is 4.90 Å². The van der Waals surface area contributed by atoms with E-state index in [0.29, 0.717) is 111 Å². The molecule has 1 saturated carbocycles. The van der Waals surface area contributed by atoms with Crippen molar-refractivity contribution in [1.29, 1.82) is 0 Å². The van der Waals surface area contributed by atoms with Crippen molar-refractivity contribution < 1.29 is 76.6 Å². The Morgan fingerprint density at radius 3 is 0.992 bits per heavy atom. The van der Waals surface area contributed by atoms with Crippen LogP contribution in [0.25, 0.3) is 91.4 Å². The zero-order valence-electron chi connectivity index (χ0n) is 69.9. The Balaban J connectivity index is 0.000000113. The summed E-state index contributed by atoms with van der Waals surface area (Å²) in [6.45, 7) is 13.2. The lowest BCUT2D eigenvalue weighted by atomic mass is 10.0. The van der Waals surface area contributed by atoms with E-state index in [9.17, 15) is 39.6 Å². The van der Waals surface area contributed by atoms with Crippen LogP contribution in [-0.2, 0) is 44.9 Å². The standard InChI is InChI=1S/C24H23N3O4.3C24H25N3O4/c28-11-10-27-21(29)13-15-12-20-18(22(15)27)2-1-3-19(20)23-25-24(31-26-23)14-4-6-16(7-5-14)30-17-8-9-17;2*1-14(2)30-17-6-3-5-15(11-17)24-25-23(26-31-24)19-8-4-7-18-20(19)12-16-13-21(29)27(9-10-28)22(16)18;1-14(2)30-20-9-4-3-6-18(20)24-25-23(26-31-24)17-8-5-7-16-19(17)12-15-13-21(29)27(10-11-28)22(15)16/h1-7,15,17,22,28H,8-13H2;2*3-8,11,14,16,22,28H,9-10,12-13H2,1-2H3;3-9,14-15,22,28H,10-13H2,1-2H3/t15-,22+;2*16-,22+;15-,22+/m0101/s1. The van der Waals surface area contributed by atoms with Gasteiger partial charge in [-0.05, 0) is 221 Å². The van der Waals surface area contributed by atoms with Crippen LogP contribution >= 0.6 is 0 Å². The number of fused-ring (bicyclic) bond motifs is 12. The van der Waals surface area contributed by atoms with E-state index >= 15 is 0 Å². The molecule has 638 valence electrons. The second-order valence-corrected chi connectivity index (χ2v) is 33.8. The molecule has 5 fully saturated rings. The zero-order chi connectivity index (χ0) is 85.6. The monoisotopic (exact) mass is 1670 g/mol. The Bertz CT molecular complexity index is 5760. The lowest BCUT2D eigenvalue weighted by Crippen LogP contribution is -2.30. The minimum atomic E-state index is -0.0317. The first kappa shape index (κ1) is 82.2. The quantitative estimate of drug-likeness (QED) is 0.0436. The van der Waals surface area contributed by atoms with Crippen LogP contribution in [0.5, 0.6) is 23.0 Å². The third kappa shape index (κ3) is 16.4. The fourth-order valence-corrected chi connectivity index (χ4v) is 19.5. The number of carbonyl (C=O) groups is 4. The Labute approximate surface area is 716 Å². The van der Waals surface area contributed by atoms with Gasteiger partial charge >= 0.3 is 0 Å². The highest BCUT2D eigenvalue weighted by Crippen LogP contribution is 2.54. The molecule has 0 bridgehead atoms. The van der Waals surface area contributed by atoms with Crippen LogP contribution in [0.4, 0.5) is 0 Å². The normalized spacial score (nSPS) is 20.3. The summed E-state index contributed by atoms with van der Waals surface area (Å²) in [6.07, 6.45) is 8.06. The van der Waals surface area contributed by atoms with Crippen molar-refractivity contribution in [2.24, 2.45) is 23.7 Å². The van der Waals surface area contributed by atoms with Gasteiger partial charge in [0.15, 0.2) is 0 Å². The number of benzene rings is 8. The maximum atomic E-state index is 12.4. The van der Waals surface area contributed by atoms with Crippen LogP contribution in [0.1, 0.15) is 149 Å². The lowest BCUT2D eigenvalue weighted by Gasteiger charge is -2.24. The largest absolute Gasteiger partial charge is 0.491 e. The van der Waals surface area contributed by atoms with Crippen molar-refractivity contribution in [3.8, 4) is 114 Å². The van der Waals surface area contributed by atoms with E-state index in [-0.39, 0.29) is 116 Å². The number of β-amino-alcohol motifs (C(OH)–C–C–N with tert-alkyl or cyclic N) is 4. The predicted octanol–water partition coefficient (Wildman–Crippen LogP) is 14.3.